The number of nitrogens with one attached hydrogen (secondary N) is 1. The highest BCUT2D eigenvalue weighted by atomic mass is 16.6. The minimum absolute atomic E-state index is 0.237. The van der Waals surface area contributed by atoms with Crippen LogP contribution >= 0.6 is 0 Å². The lowest BCUT2D eigenvalue weighted by atomic mass is 9.84. The molecule has 0 saturated carbocycles. The average molecular weight is 264 g/mol. The van der Waals surface area contributed by atoms with Crippen LogP contribution in [0.25, 0.3) is 0 Å². The van der Waals surface area contributed by atoms with Gasteiger partial charge in [-0.1, -0.05) is 19.9 Å². The van der Waals surface area contributed by atoms with E-state index in [1.54, 1.807) is 0 Å². The molecule has 0 aromatic heterocycles. The standard InChI is InChI=1S/C15H24N2O2/c1-10(2)12(9-16)15(17-3)11-4-5-13-14(8-11)19-7-6-18-13/h4-5,8,10,12,15,17H,6-7,9,16H2,1-3H3. The molecule has 2 atom stereocenters. The highest BCUT2D eigenvalue weighted by Crippen LogP contribution is 2.35. The van der Waals surface area contributed by atoms with Crippen LogP contribution in [-0.4, -0.2) is 26.8 Å². The molecule has 0 fully saturated rings. The van der Waals surface area contributed by atoms with Crippen LogP contribution in [0.4, 0.5) is 0 Å². The van der Waals surface area contributed by atoms with Gasteiger partial charge in [0.25, 0.3) is 0 Å². The van der Waals surface area contributed by atoms with Gasteiger partial charge in [-0.25, -0.2) is 0 Å². The van der Waals surface area contributed by atoms with E-state index in [0.29, 0.717) is 31.6 Å². The zero-order valence-electron chi connectivity index (χ0n) is 12.0. The van der Waals surface area contributed by atoms with E-state index in [4.69, 9.17) is 15.2 Å². The molecule has 19 heavy (non-hydrogen) atoms. The molecule has 3 N–H and O–H groups in total. The fraction of sp³-hybridized carbons (Fsp3) is 0.600. The molecule has 0 saturated heterocycles. The Hall–Kier alpha value is -1.26. The number of hydrogen-bond acceptors (Lipinski definition) is 4. The summed E-state index contributed by atoms with van der Waals surface area (Å²) in [4.78, 5) is 0. The Balaban J connectivity index is 2.27. The largest absolute Gasteiger partial charge is 0.486 e. The van der Waals surface area contributed by atoms with Crippen molar-refractivity contribution in [2.24, 2.45) is 17.6 Å². The van der Waals surface area contributed by atoms with Gasteiger partial charge in [0.15, 0.2) is 11.5 Å². The Morgan fingerprint density at radius 1 is 1.21 bits per heavy atom. The molecular formula is C15H24N2O2. The first-order chi connectivity index (χ1) is 9.17. The molecule has 0 aliphatic carbocycles. The maximum Gasteiger partial charge on any atom is 0.161 e. The Morgan fingerprint density at radius 2 is 1.89 bits per heavy atom. The number of hydrogen-bond donors (Lipinski definition) is 2. The van der Waals surface area contributed by atoms with Crippen LogP contribution in [0, 0.1) is 11.8 Å². The van der Waals surface area contributed by atoms with Crippen LogP contribution in [0.15, 0.2) is 18.2 Å². The van der Waals surface area contributed by atoms with Gasteiger partial charge in [-0.2, -0.15) is 0 Å². The van der Waals surface area contributed by atoms with Gasteiger partial charge in [0.05, 0.1) is 0 Å². The second-order valence-corrected chi connectivity index (χ2v) is 5.31. The molecule has 4 nitrogen and oxygen atoms in total. The topological polar surface area (TPSA) is 56.5 Å². The van der Waals surface area contributed by atoms with Crippen LogP contribution in [0.3, 0.4) is 0 Å². The van der Waals surface area contributed by atoms with Gasteiger partial charge in [-0.05, 0) is 43.1 Å². The highest BCUT2D eigenvalue weighted by Gasteiger charge is 2.25. The fourth-order valence-electron chi connectivity index (χ4n) is 2.67. The monoisotopic (exact) mass is 264 g/mol. The molecule has 2 rings (SSSR count). The Labute approximate surface area is 115 Å². The molecular weight excluding hydrogens is 240 g/mol. The summed E-state index contributed by atoms with van der Waals surface area (Å²) in [6, 6.07) is 6.39. The zero-order valence-corrected chi connectivity index (χ0v) is 12.0. The molecule has 106 valence electrons. The summed E-state index contributed by atoms with van der Waals surface area (Å²) in [5, 5.41) is 3.38. The number of fused-ring (bicyclic) bond motifs is 1. The van der Waals surface area contributed by atoms with E-state index in [-0.39, 0.29) is 6.04 Å². The second-order valence-electron chi connectivity index (χ2n) is 5.31. The fourth-order valence-corrected chi connectivity index (χ4v) is 2.67. The van der Waals surface area contributed by atoms with E-state index < -0.39 is 0 Å². The minimum atomic E-state index is 0.237. The van der Waals surface area contributed by atoms with Crippen molar-refractivity contribution in [3.63, 3.8) is 0 Å². The Bertz CT molecular complexity index is 421. The van der Waals surface area contributed by atoms with E-state index in [1.807, 2.05) is 13.1 Å². The molecule has 2 unspecified atom stereocenters. The van der Waals surface area contributed by atoms with Gasteiger partial charge in [0.1, 0.15) is 13.2 Å². The molecule has 1 aliphatic rings. The molecule has 0 bridgehead atoms. The zero-order chi connectivity index (χ0) is 13.8. The van der Waals surface area contributed by atoms with Crippen LogP contribution < -0.4 is 20.5 Å². The Kier molecular flexibility index (Phi) is 4.66. The van der Waals surface area contributed by atoms with Gasteiger partial charge in [-0.3, -0.25) is 0 Å². The smallest absolute Gasteiger partial charge is 0.161 e. The summed E-state index contributed by atoms with van der Waals surface area (Å²) in [6.45, 7) is 6.32. The van der Waals surface area contributed by atoms with Gasteiger partial charge >= 0.3 is 0 Å². The maximum absolute atomic E-state index is 5.93. The van der Waals surface area contributed by atoms with Crippen molar-refractivity contribution in [2.45, 2.75) is 19.9 Å². The van der Waals surface area contributed by atoms with Crippen molar-refractivity contribution in [2.75, 3.05) is 26.8 Å². The molecule has 1 aliphatic heterocycles. The second kappa shape index (κ2) is 6.26. The molecule has 4 heteroatoms. The Morgan fingerprint density at radius 3 is 2.47 bits per heavy atom. The first-order valence-electron chi connectivity index (χ1n) is 6.94. The van der Waals surface area contributed by atoms with Crippen molar-refractivity contribution in [3.8, 4) is 11.5 Å². The van der Waals surface area contributed by atoms with Gasteiger partial charge < -0.3 is 20.5 Å². The van der Waals surface area contributed by atoms with Crippen LogP contribution in [0.1, 0.15) is 25.5 Å². The molecule has 1 aromatic rings. The van der Waals surface area contributed by atoms with Crippen LogP contribution in [0.2, 0.25) is 0 Å². The maximum atomic E-state index is 5.93. The average Bonchev–Trinajstić information content (AvgIpc) is 2.43. The van der Waals surface area contributed by atoms with Crippen molar-refractivity contribution in [1.29, 1.82) is 0 Å². The predicted molar refractivity (Wildman–Crippen MR) is 76.6 cm³/mol. The number of nitrogens with two attached hydrogens (primary N) is 1. The normalized spacial score (nSPS) is 17.3. The van der Waals surface area contributed by atoms with E-state index >= 15 is 0 Å². The van der Waals surface area contributed by atoms with Crippen molar-refractivity contribution in [1.82, 2.24) is 5.32 Å². The summed E-state index contributed by atoms with van der Waals surface area (Å²) >= 11 is 0. The number of ether oxygens (including phenoxy) is 2. The van der Waals surface area contributed by atoms with Gasteiger partial charge in [0.2, 0.25) is 0 Å². The lowest BCUT2D eigenvalue weighted by molar-refractivity contribution is 0.171. The third kappa shape index (κ3) is 3.01. The SMILES string of the molecule is CNC(c1ccc2c(c1)OCCO2)C(CN)C(C)C. The quantitative estimate of drug-likeness (QED) is 0.853. The first-order valence-corrected chi connectivity index (χ1v) is 6.94. The van der Waals surface area contributed by atoms with Gasteiger partial charge in [-0.15, -0.1) is 0 Å². The van der Waals surface area contributed by atoms with E-state index in [2.05, 4.69) is 31.3 Å². The molecule has 1 aromatic carbocycles. The lowest BCUT2D eigenvalue weighted by Crippen LogP contribution is -2.34. The third-order valence-electron chi connectivity index (χ3n) is 3.79. The predicted octanol–water partition coefficient (Wildman–Crippen LogP) is 1.95. The van der Waals surface area contributed by atoms with E-state index in [9.17, 15) is 0 Å². The van der Waals surface area contributed by atoms with Crippen LogP contribution in [-0.2, 0) is 0 Å². The van der Waals surface area contributed by atoms with Crippen molar-refractivity contribution in [3.05, 3.63) is 23.8 Å². The number of rotatable bonds is 5. The van der Waals surface area contributed by atoms with Crippen LogP contribution in [0.5, 0.6) is 11.5 Å². The van der Waals surface area contributed by atoms with Crippen molar-refractivity contribution < 1.29 is 9.47 Å². The van der Waals surface area contributed by atoms with E-state index in [0.717, 1.165) is 11.5 Å². The highest BCUT2D eigenvalue weighted by molar-refractivity contribution is 5.44. The third-order valence-corrected chi connectivity index (χ3v) is 3.79. The first kappa shape index (κ1) is 14.2. The minimum Gasteiger partial charge on any atom is -0.486 e. The van der Waals surface area contributed by atoms with E-state index in [1.165, 1.54) is 5.56 Å². The van der Waals surface area contributed by atoms with Crippen molar-refractivity contribution >= 4 is 0 Å². The summed E-state index contributed by atoms with van der Waals surface area (Å²) in [7, 11) is 1.98. The molecule has 0 radical (unpaired) electrons. The summed E-state index contributed by atoms with van der Waals surface area (Å²) in [6.07, 6.45) is 0. The molecule has 0 amide bonds. The molecule has 1 heterocycles. The summed E-state index contributed by atoms with van der Waals surface area (Å²) in [5.74, 6) is 2.59. The summed E-state index contributed by atoms with van der Waals surface area (Å²) in [5.41, 5.74) is 7.13. The lowest BCUT2D eigenvalue weighted by Gasteiger charge is -2.30. The summed E-state index contributed by atoms with van der Waals surface area (Å²) < 4.78 is 11.2. The number of benzene rings is 1. The van der Waals surface area contributed by atoms with Gasteiger partial charge in [0, 0.05) is 6.04 Å². The molecule has 0 spiro atoms.